The van der Waals surface area contributed by atoms with E-state index in [0.717, 1.165) is 34.4 Å². The SMILES string of the molecule is CC[C@H](CCNC(=O)c1cc2c(C)nn(-c3ccccc3)c2s1)n1cc(Cl)cn1. The highest BCUT2D eigenvalue weighted by molar-refractivity contribution is 7.20. The number of nitrogens with zero attached hydrogens (tertiary/aromatic N) is 4. The Balaban J connectivity index is 1.46. The van der Waals surface area contributed by atoms with Crippen LogP contribution in [0.3, 0.4) is 0 Å². The Hall–Kier alpha value is -2.64. The minimum atomic E-state index is -0.0569. The Labute approximate surface area is 178 Å². The van der Waals surface area contributed by atoms with E-state index in [9.17, 15) is 4.79 Å². The van der Waals surface area contributed by atoms with Crippen LogP contribution in [0.2, 0.25) is 5.02 Å². The number of aryl methyl sites for hydroxylation is 1. The van der Waals surface area contributed by atoms with Crippen molar-refractivity contribution in [2.75, 3.05) is 6.54 Å². The first-order valence-corrected chi connectivity index (χ1v) is 10.8. The van der Waals surface area contributed by atoms with Gasteiger partial charge in [0, 0.05) is 18.1 Å². The molecule has 3 heterocycles. The van der Waals surface area contributed by atoms with Gasteiger partial charge in [0.1, 0.15) is 4.83 Å². The largest absolute Gasteiger partial charge is 0.351 e. The highest BCUT2D eigenvalue weighted by Gasteiger charge is 2.17. The maximum Gasteiger partial charge on any atom is 0.261 e. The number of hydrogen-bond acceptors (Lipinski definition) is 4. The van der Waals surface area contributed by atoms with E-state index in [1.165, 1.54) is 11.3 Å². The summed E-state index contributed by atoms with van der Waals surface area (Å²) in [6.07, 6.45) is 5.17. The first-order chi connectivity index (χ1) is 14.1. The van der Waals surface area contributed by atoms with Gasteiger partial charge in [0.25, 0.3) is 5.91 Å². The van der Waals surface area contributed by atoms with Gasteiger partial charge in [0.05, 0.1) is 33.5 Å². The first kappa shape index (κ1) is 19.7. The van der Waals surface area contributed by atoms with E-state index in [-0.39, 0.29) is 11.9 Å². The summed E-state index contributed by atoms with van der Waals surface area (Å²) in [6, 6.07) is 12.1. The normalized spacial score (nSPS) is 12.4. The number of carbonyl (C=O) groups excluding carboxylic acids is 1. The molecule has 1 aromatic carbocycles. The summed E-state index contributed by atoms with van der Waals surface area (Å²) >= 11 is 7.43. The Bertz CT molecular complexity index is 1130. The van der Waals surface area contributed by atoms with Crippen LogP contribution >= 0.6 is 22.9 Å². The van der Waals surface area contributed by atoms with E-state index in [1.807, 2.05) is 58.9 Å². The van der Waals surface area contributed by atoms with Gasteiger partial charge in [0.2, 0.25) is 0 Å². The topological polar surface area (TPSA) is 64.7 Å². The molecule has 0 bridgehead atoms. The third-order valence-electron chi connectivity index (χ3n) is 4.95. The predicted octanol–water partition coefficient (Wildman–Crippen LogP) is 5.02. The minimum Gasteiger partial charge on any atom is -0.351 e. The van der Waals surface area contributed by atoms with Crippen LogP contribution in [-0.4, -0.2) is 32.0 Å². The molecule has 3 aromatic heterocycles. The number of aromatic nitrogens is 4. The zero-order chi connectivity index (χ0) is 20.4. The van der Waals surface area contributed by atoms with Gasteiger partial charge in [-0.05, 0) is 38.0 Å². The second kappa shape index (κ2) is 8.39. The quantitative estimate of drug-likeness (QED) is 0.450. The predicted molar refractivity (Wildman–Crippen MR) is 117 cm³/mol. The van der Waals surface area contributed by atoms with Crippen molar-refractivity contribution in [2.24, 2.45) is 0 Å². The van der Waals surface area contributed by atoms with Crippen molar-refractivity contribution >= 4 is 39.1 Å². The van der Waals surface area contributed by atoms with Crippen molar-refractivity contribution in [2.45, 2.75) is 32.7 Å². The summed E-state index contributed by atoms with van der Waals surface area (Å²) < 4.78 is 3.77. The average Bonchev–Trinajstić information content (AvgIpc) is 3.43. The summed E-state index contributed by atoms with van der Waals surface area (Å²) in [7, 11) is 0. The molecule has 0 saturated carbocycles. The lowest BCUT2D eigenvalue weighted by atomic mass is 10.1. The van der Waals surface area contributed by atoms with Gasteiger partial charge in [-0.1, -0.05) is 36.7 Å². The third-order valence-corrected chi connectivity index (χ3v) is 6.25. The van der Waals surface area contributed by atoms with Gasteiger partial charge in [-0.25, -0.2) is 4.68 Å². The molecule has 4 rings (SSSR count). The van der Waals surface area contributed by atoms with Crippen LogP contribution in [0.25, 0.3) is 15.9 Å². The fraction of sp³-hybridized carbons (Fsp3) is 0.286. The fourth-order valence-electron chi connectivity index (χ4n) is 3.38. The Morgan fingerprint density at radius 3 is 2.79 bits per heavy atom. The monoisotopic (exact) mass is 427 g/mol. The Kier molecular flexibility index (Phi) is 5.69. The molecule has 1 amide bonds. The Morgan fingerprint density at radius 1 is 1.31 bits per heavy atom. The third kappa shape index (κ3) is 4.06. The molecule has 0 spiro atoms. The van der Waals surface area contributed by atoms with E-state index < -0.39 is 0 Å². The standard InChI is InChI=1S/C21H22ClN5OS/c1-3-16(26-13-15(22)12-24-26)9-10-23-20(28)19-11-18-14(2)25-27(21(18)29-19)17-7-5-4-6-8-17/h4-8,11-13,16H,3,9-10H2,1-2H3,(H,23,28)/t16-/m1/s1. The summed E-state index contributed by atoms with van der Waals surface area (Å²) in [5.74, 6) is -0.0569. The molecule has 0 fully saturated rings. The number of benzene rings is 1. The van der Waals surface area contributed by atoms with Crippen molar-refractivity contribution in [3.05, 3.63) is 64.4 Å². The van der Waals surface area contributed by atoms with Gasteiger partial charge >= 0.3 is 0 Å². The number of thiophene rings is 1. The molecular weight excluding hydrogens is 406 g/mol. The molecular formula is C21H22ClN5OS. The number of carbonyl (C=O) groups is 1. The molecule has 1 N–H and O–H groups in total. The maximum atomic E-state index is 12.7. The summed E-state index contributed by atoms with van der Waals surface area (Å²) in [5.41, 5.74) is 1.91. The molecule has 150 valence electrons. The lowest BCUT2D eigenvalue weighted by Crippen LogP contribution is -2.26. The molecule has 0 radical (unpaired) electrons. The summed E-state index contributed by atoms with van der Waals surface area (Å²) in [6.45, 7) is 4.65. The van der Waals surface area contributed by atoms with E-state index in [4.69, 9.17) is 11.6 Å². The summed E-state index contributed by atoms with van der Waals surface area (Å²) in [5, 5.41) is 13.6. The zero-order valence-corrected chi connectivity index (χ0v) is 17.9. The van der Waals surface area contributed by atoms with Crippen molar-refractivity contribution < 1.29 is 4.79 Å². The molecule has 8 heteroatoms. The molecule has 0 aliphatic rings. The van der Waals surface area contributed by atoms with Gasteiger partial charge in [-0.2, -0.15) is 10.2 Å². The molecule has 0 unspecified atom stereocenters. The number of halogens is 1. The second-order valence-corrected chi connectivity index (χ2v) is 8.37. The highest BCUT2D eigenvalue weighted by Crippen LogP contribution is 2.30. The number of amides is 1. The number of fused-ring (bicyclic) bond motifs is 1. The van der Waals surface area contributed by atoms with Crippen molar-refractivity contribution in [1.29, 1.82) is 0 Å². The minimum absolute atomic E-state index is 0.0569. The lowest BCUT2D eigenvalue weighted by Gasteiger charge is -2.15. The second-order valence-electron chi connectivity index (χ2n) is 6.91. The van der Waals surface area contributed by atoms with Gasteiger partial charge in [-0.15, -0.1) is 11.3 Å². The molecule has 0 aliphatic carbocycles. The van der Waals surface area contributed by atoms with Crippen LogP contribution in [0, 0.1) is 6.92 Å². The Morgan fingerprint density at radius 2 is 2.10 bits per heavy atom. The molecule has 29 heavy (non-hydrogen) atoms. The van der Waals surface area contributed by atoms with Crippen LogP contribution in [0.4, 0.5) is 0 Å². The number of rotatable bonds is 7. The fourth-order valence-corrected chi connectivity index (χ4v) is 4.62. The smallest absolute Gasteiger partial charge is 0.261 e. The zero-order valence-electron chi connectivity index (χ0n) is 16.3. The van der Waals surface area contributed by atoms with E-state index in [0.29, 0.717) is 16.4 Å². The van der Waals surface area contributed by atoms with Crippen molar-refractivity contribution in [3.63, 3.8) is 0 Å². The van der Waals surface area contributed by atoms with E-state index in [2.05, 4.69) is 22.4 Å². The van der Waals surface area contributed by atoms with Crippen molar-refractivity contribution in [3.8, 4) is 5.69 Å². The molecule has 0 aliphatic heterocycles. The van der Waals surface area contributed by atoms with E-state index in [1.54, 1.807) is 6.20 Å². The van der Waals surface area contributed by atoms with E-state index >= 15 is 0 Å². The average molecular weight is 428 g/mol. The molecule has 0 saturated heterocycles. The van der Waals surface area contributed by atoms with Crippen LogP contribution < -0.4 is 5.32 Å². The summed E-state index contributed by atoms with van der Waals surface area (Å²) in [4.78, 5) is 14.4. The van der Waals surface area contributed by atoms with Crippen LogP contribution in [0.15, 0.2) is 48.8 Å². The highest BCUT2D eigenvalue weighted by atomic mass is 35.5. The molecule has 6 nitrogen and oxygen atoms in total. The van der Waals surface area contributed by atoms with Gasteiger partial charge < -0.3 is 5.32 Å². The number of hydrogen-bond donors (Lipinski definition) is 1. The lowest BCUT2D eigenvalue weighted by molar-refractivity contribution is 0.0955. The molecule has 1 atom stereocenters. The van der Waals surface area contributed by atoms with Crippen LogP contribution in [0.5, 0.6) is 0 Å². The molecule has 4 aromatic rings. The maximum absolute atomic E-state index is 12.7. The van der Waals surface area contributed by atoms with Gasteiger partial charge in [-0.3, -0.25) is 9.48 Å². The van der Waals surface area contributed by atoms with Crippen molar-refractivity contribution in [1.82, 2.24) is 24.9 Å². The van der Waals surface area contributed by atoms with Crippen LogP contribution in [0.1, 0.15) is 41.2 Å². The number of nitrogens with one attached hydrogen (secondary N) is 1. The first-order valence-electron chi connectivity index (χ1n) is 9.59. The van der Waals surface area contributed by atoms with Crippen LogP contribution in [-0.2, 0) is 0 Å². The van der Waals surface area contributed by atoms with Gasteiger partial charge in [0.15, 0.2) is 0 Å². The number of para-hydroxylation sites is 1.